The zero-order chi connectivity index (χ0) is 17.9. The Kier molecular flexibility index (Phi) is 4.67. The summed E-state index contributed by atoms with van der Waals surface area (Å²) in [6.45, 7) is 1.95. The molecule has 1 aromatic heterocycles. The summed E-state index contributed by atoms with van der Waals surface area (Å²) in [5.41, 5.74) is 3.60. The van der Waals surface area contributed by atoms with Gasteiger partial charge in [0.05, 0.1) is 0 Å². The van der Waals surface area contributed by atoms with Crippen LogP contribution in [0.2, 0.25) is 0 Å². The number of nitrogens with one attached hydrogen (secondary N) is 1. The normalized spacial score (nSPS) is 19.1. The van der Waals surface area contributed by atoms with Gasteiger partial charge in [0.25, 0.3) is 11.8 Å². The number of hydrogen-bond donors (Lipinski definition) is 1. The molecule has 134 valence electrons. The van der Waals surface area contributed by atoms with Crippen LogP contribution in [0.3, 0.4) is 0 Å². The third-order valence-corrected chi connectivity index (χ3v) is 4.94. The Morgan fingerprint density at radius 2 is 2.00 bits per heavy atom. The van der Waals surface area contributed by atoms with Crippen molar-refractivity contribution in [2.75, 3.05) is 18.5 Å². The molecular formula is C20H21N3O3. The van der Waals surface area contributed by atoms with E-state index >= 15 is 0 Å². The van der Waals surface area contributed by atoms with Crippen LogP contribution >= 0.6 is 0 Å². The highest BCUT2D eigenvalue weighted by atomic mass is 16.5. The number of ether oxygens (including phenoxy) is 1. The third kappa shape index (κ3) is 3.46. The Morgan fingerprint density at radius 1 is 1.15 bits per heavy atom. The lowest BCUT2D eigenvalue weighted by Gasteiger charge is -2.31. The minimum absolute atomic E-state index is 0.0828. The maximum atomic E-state index is 12.6. The first-order valence-corrected chi connectivity index (χ1v) is 8.94. The number of nitrogens with zero attached hydrogens (tertiary/aromatic N) is 2. The van der Waals surface area contributed by atoms with Crippen molar-refractivity contribution in [3.63, 3.8) is 0 Å². The van der Waals surface area contributed by atoms with Crippen LogP contribution < -0.4 is 5.32 Å². The summed E-state index contributed by atoms with van der Waals surface area (Å²) in [4.78, 5) is 30.7. The number of benzene rings is 1. The van der Waals surface area contributed by atoms with Crippen LogP contribution in [0, 0.1) is 0 Å². The molecule has 3 heterocycles. The van der Waals surface area contributed by atoms with Crippen LogP contribution in [-0.4, -0.2) is 41.0 Å². The van der Waals surface area contributed by atoms with Crippen LogP contribution in [0.25, 0.3) is 0 Å². The van der Waals surface area contributed by atoms with E-state index in [1.54, 1.807) is 24.5 Å². The molecular weight excluding hydrogens is 330 g/mol. The molecule has 2 aromatic rings. The molecule has 2 amide bonds. The fourth-order valence-corrected chi connectivity index (χ4v) is 3.51. The van der Waals surface area contributed by atoms with Crippen molar-refractivity contribution in [3.8, 4) is 0 Å². The summed E-state index contributed by atoms with van der Waals surface area (Å²) in [5, 5.41) is 2.91. The number of anilines is 1. The standard InChI is InChI=1S/C20H21N3O3/c24-19(15-5-8-21-9-6-15)22-17-4-3-14-7-10-23(13-16(14)12-17)20(25)18-2-1-11-26-18/h3-6,8-9,12,18H,1-2,7,10-11,13H2,(H,22,24). The van der Waals surface area contributed by atoms with E-state index in [9.17, 15) is 9.59 Å². The molecule has 2 aliphatic rings. The fourth-order valence-electron chi connectivity index (χ4n) is 3.51. The molecule has 26 heavy (non-hydrogen) atoms. The Labute approximate surface area is 152 Å². The van der Waals surface area contributed by atoms with Crippen LogP contribution in [-0.2, 0) is 22.5 Å². The van der Waals surface area contributed by atoms with Gasteiger partial charge in [-0.25, -0.2) is 0 Å². The van der Waals surface area contributed by atoms with Gasteiger partial charge in [0.15, 0.2) is 0 Å². The van der Waals surface area contributed by atoms with E-state index in [2.05, 4.69) is 10.3 Å². The number of fused-ring (bicyclic) bond motifs is 1. The maximum absolute atomic E-state index is 12.6. The van der Waals surface area contributed by atoms with E-state index in [-0.39, 0.29) is 17.9 Å². The number of pyridine rings is 1. The Hall–Kier alpha value is -2.73. The van der Waals surface area contributed by atoms with E-state index in [0.29, 0.717) is 25.3 Å². The predicted octanol–water partition coefficient (Wildman–Crippen LogP) is 2.40. The second kappa shape index (κ2) is 7.25. The van der Waals surface area contributed by atoms with E-state index in [0.717, 1.165) is 30.5 Å². The van der Waals surface area contributed by atoms with Gasteiger partial charge in [0, 0.05) is 43.3 Å². The van der Waals surface area contributed by atoms with Crippen molar-refractivity contribution in [1.82, 2.24) is 9.88 Å². The van der Waals surface area contributed by atoms with Crippen molar-refractivity contribution in [3.05, 3.63) is 59.4 Å². The minimum Gasteiger partial charge on any atom is -0.368 e. The van der Waals surface area contributed by atoms with Crippen LogP contribution in [0.5, 0.6) is 0 Å². The first-order chi connectivity index (χ1) is 12.7. The number of carbonyl (C=O) groups is 2. The van der Waals surface area contributed by atoms with Gasteiger partial charge in [-0.1, -0.05) is 6.07 Å². The summed E-state index contributed by atoms with van der Waals surface area (Å²) < 4.78 is 5.53. The van der Waals surface area contributed by atoms with Crippen molar-refractivity contribution in [2.24, 2.45) is 0 Å². The second-order valence-corrected chi connectivity index (χ2v) is 6.68. The molecule has 0 bridgehead atoms. The van der Waals surface area contributed by atoms with Gasteiger partial charge in [-0.15, -0.1) is 0 Å². The topological polar surface area (TPSA) is 71.5 Å². The maximum Gasteiger partial charge on any atom is 0.255 e. The van der Waals surface area contributed by atoms with Crippen molar-refractivity contribution < 1.29 is 14.3 Å². The molecule has 1 aromatic carbocycles. The third-order valence-electron chi connectivity index (χ3n) is 4.94. The summed E-state index contributed by atoms with van der Waals surface area (Å²) in [6, 6.07) is 9.26. The van der Waals surface area contributed by atoms with Crippen LogP contribution in [0.1, 0.15) is 34.3 Å². The van der Waals surface area contributed by atoms with Gasteiger partial charge >= 0.3 is 0 Å². The molecule has 6 heteroatoms. The van der Waals surface area contributed by atoms with Gasteiger partial charge in [0.1, 0.15) is 6.10 Å². The highest BCUT2D eigenvalue weighted by molar-refractivity contribution is 6.04. The Balaban J connectivity index is 1.47. The monoisotopic (exact) mass is 351 g/mol. The molecule has 1 N–H and O–H groups in total. The molecule has 0 aliphatic carbocycles. The number of hydrogen-bond acceptors (Lipinski definition) is 4. The van der Waals surface area contributed by atoms with Gasteiger partial charge in [-0.05, 0) is 54.7 Å². The molecule has 4 rings (SSSR count). The summed E-state index contributed by atoms with van der Waals surface area (Å²) in [7, 11) is 0. The van der Waals surface area contributed by atoms with E-state index in [1.165, 1.54) is 5.56 Å². The molecule has 6 nitrogen and oxygen atoms in total. The van der Waals surface area contributed by atoms with Crippen molar-refractivity contribution in [2.45, 2.75) is 31.9 Å². The number of amides is 2. The van der Waals surface area contributed by atoms with Crippen LogP contribution in [0.4, 0.5) is 5.69 Å². The molecule has 1 unspecified atom stereocenters. The molecule has 1 saturated heterocycles. The summed E-state index contributed by atoms with van der Waals surface area (Å²) in [5.74, 6) is -0.0881. The lowest BCUT2D eigenvalue weighted by atomic mass is 9.98. The van der Waals surface area contributed by atoms with Crippen molar-refractivity contribution >= 4 is 17.5 Å². The number of aromatic nitrogens is 1. The summed E-state index contributed by atoms with van der Waals surface area (Å²) >= 11 is 0. The smallest absolute Gasteiger partial charge is 0.255 e. The predicted molar refractivity (Wildman–Crippen MR) is 96.7 cm³/mol. The fraction of sp³-hybridized carbons (Fsp3) is 0.350. The van der Waals surface area contributed by atoms with Gasteiger partial charge in [-0.3, -0.25) is 14.6 Å². The largest absolute Gasteiger partial charge is 0.368 e. The Morgan fingerprint density at radius 3 is 2.77 bits per heavy atom. The SMILES string of the molecule is O=C(Nc1ccc2c(c1)CN(C(=O)C1CCCO1)CC2)c1ccncc1. The Bertz CT molecular complexity index is 816. The molecule has 1 atom stereocenters. The average molecular weight is 351 g/mol. The highest BCUT2D eigenvalue weighted by Crippen LogP contribution is 2.25. The zero-order valence-electron chi connectivity index (χ0n) is 14.5. The lowest BCUT2D eigenvalue weighted by Crippen LogP contribution is -2.41. The van der Waals surface area contributed by atoms with Gasteiger partial charge in [-0.2, -0.15) is 0 Å². The van der Waals surface area contributed by atoms with Crippen LogP contribution in [0.15, 0.2) is 42.7 Å². The molecule has 2 aliphatic heterocycles. The number of carbonyl (C=O) groups excluding carboxylic acids is 2. The average Bonchev–Trinajstić information content (AvgIpc) is 3.22. The first kappa shape index (κ1) is 16.7. The number of rotatable bonds is 3. The zero-order valence-corrected chi connectivity index (χ0v) is 14.5. The molecule has 0 radical (unpaired) electrons. The quantitative estimate of drug-likeness (QED) is 0.922. The minimum atomic E-state index is -0.286. The van der Waals surface area contributed by atoms with Crippen molar-refractivity contribution in [1.29, 1.82) is 0 Å². The van der Waals surface area contributed by atoms with Gasteiger partial charge in [0.2, 0.25) is 0 Å². The van der Waals surface area contributed by atoms with E-state index < -0.39 is 0 Å². The van der Waals surface area contributed by atoms with E-state index in [1.807, 2.05) is 23.1 Å². The summed E-state index contributed by atoms with van der Waals surface area (Å²) in [6.07, 6.45) is 5.49. The molecule has 0 saturated carbocycles. The second-order valence-electron chi connectivity index (χ2n) is 6.68. The highest BCUT2D eigenvalue weighted by Gasteiger charge is 2.30. The molecule has 1 fully saturated rings. The van der Waals surface area contributed by atoms with Gasteiger partial charge < -0.3 is 15.0 Å². The lowest BCUT2D eigenvalue weighted by molar-refractivity contribution is -0.141. The first-order valence-electron chi connectivity index (χ1n) is 8.94. The van der Waals surface area contributed by atoms with E-state index in [4.69, 9.17) is 4.74 Å². The molecule has 0 spiro atoms.